The van der Waals surface area contributed by atoms with Crippen LogP contribution in [0.5, 0.6) is 5.75 Å². The highest BCUT2D eigenvalue weighted by atomic mass is 127. The minimum atomic E-state index is -3.68. The van der Waals surface area contributed by atoms with Crippen LogP contribution in [-0.4, -0.2) is 53.7 Å². The molecule has 0 unspecified atom stereocenters. The third-order valence-corrected chi connectivity index (χ3v) is 6.90. The van der Waals surface area contributed by atoms with E-state index in [0.717, 1.165) is 41.9 Å². The maximum absolute atomic E-state index is 12.9. The Hall–Kier alpha value is -1.52. The number of likely N-dealkylation sites (N-methyl/N-ethyl adjacent to an activating group) is 1. The first-order valence-corrected chi connectivity index (χ1v) is 11.7. The maximum Gasteiger partial charge on any atom is 0.261 e. The van der Waals surface area contributed by atoms with E-state index in [1.807, 2.05) is 18.2 Å². The number of benzene rings is 2. The summed E-state index contributed by atoms with van der Waals surface area (Å²) in [7, 11) is 0.0142. The van der Waals surface area contributed by atoms with Gasteiger partial charge in [0.2, 0.25) is 0 Å². The van der Waals surface area contributed by atoms with E-state index in [-0.39, 0.29) is 4.90 Å². The second-order valence-corrected chi connectivity index (χ2v) is 9.01. The molecule has 0 aliphatic carbocycles. The lowest BCUT2D eigenvalue weighted by Gasteiger charge is -2.34. The summed E-state index contributed by atoms with van der Waals surface area (Å²) in [6.45, 7) is 3.53. The fourth-order valence-electron chi connectivity index (χ4n) is 3.06. The predicted molar refractivity (Wildman–Crippen MR) is 118 cm³/mol. The average Bonchev–Trinajstić information content (AvgIpc) is 2.68. The molecule has 0 amide bonds. The summed E-state index contributed by atoms with van der Waals surface area (Å²) in [6, 6.07) is 12.5. The lowest BCUT2D eigenvalue weighted by molar-refractivity contribution is 0.311. The lowest BCUT2D eigenvalue weighted by Crippen LogP contribution is -2.44. The molecular formula is C19H24IN3O3S. The molecule has 1 aliphatic rings. The molecule has 0 atom stereocenters. The molecule has 3 rings (SSSR count). The van der Waals surface area contributed by atoms with Gasteiger partial charge in [-0.15, -0.1) is 0 Å². The zero-order valence-corrected chi connectivity index (χ0v) is 18.5. The number of rotatable bonds is 6. The number of methoxy groups -OCH3 is 1. The Morgan fingerprint density at radius 1 is 1.11 bits per heavy atom. The quantitative estimate of drug-likeness (QED) is 0.487. The maximum atomic E-state index is 12.9. The van der Waals surface area contributed by atoms with E-state index in [9.17, 15) is 8.42 Å². The molecule has 2 aromatic carbocycles. The second kappa shape index (κ2) is 8.66. The molecule has 1 aliphatic heterocycles. The Morgan fingerprint density at radius 3 is 2.52 bits per heavy atom. The Balaban J connectivity index is 1.89. The molecule has 1 N–H and O–H groups in total. The molecule has 0 bridgehead atoms. The lowest BCUT2D eigenvalue weighted by atomic mass is 10.2. The summed E-state index contributed by atoms with van der Waals surface area (Å²) in [6.07, 6.45) is 0. The fourth-order valence-corrected chi connectivity index (χ4v) is 4.61. The zero-order chi connectivity index (χ0) is 19.4. The third kappa shape index (κ3) is 4.85. The van der Waals surface area contributed by atoms with E-state index in [1.54, 1.807) is 31.4 Å². The van der Waals surface area contributed by atoms with Crippen LogP contribution in [0.25, 0.3) is 0 Å². The Morgan fingerprint density at radius 2 is 1.85 bits per heavy atom. The van der Waals surface area contributed by atoms with Crippen LogP contribution in [0.2, 0.25) is 0 Å². The zero-order valence-electron chi connectivity index (χ0n) is 15.5. The average molecular weight is 501 g/mol. The van der Waals surface area contributed by atoms with E-state index in [2.05, 4.69) is 44.2 Å². The number of ether oxygens (including phenoxy) is 1. The highest BCUT2D eigenvalue weighted by molar-refractivity contribution is 14.1. The number of nitrogens with zero attached hydrogens (tertiary/aromatic N) is 2. The number of hydrogen-bond acceptors (Lipinski definition) is 5. The van der Waals surface area contributed by atoms with E-state index in [4.69, 9.17) is 4.74 Å². The molecule has 0 saturated carbocycles. The van der Waals surface area contributed by atoms with Crippen LogP contribution in [-0.2, 0) is 14.5 Å². The van der Waals surface area contributed by atoms with Gasteiger partial charge in [-0.25, -0.2) is 8.42 Å². The van der Waals surface area contributed by atoms with Crippen molar-refractivity contribution >= 4 is 44.0 Å². The van der Waals surface area contributed by atoms with Gasteiger partial charge in [0.1, 0.15) is 5.75 Å². The minimum Gasteiger partial charge on any atom is -0.495 e. The number of anilines is 2. The Kier molecular flexibility index (Phi) is 6.48. The van der Waals surface area contributed by atoms with Gasteiger partial charge >= 0.3 is 0 Å². The van der Waals surface area contributed by atoms with Crippen molar-refractivity contribution in [3.05, 3.63) is 48.0 Å². The monoisotopic (exact) mass is 501 g/mol. The first kappa shape index (κ1) is 20.2. The number of nitrogens with one attached hydrogen (secondary N) is 1. The number of halogens is 1. The van der Waals surface area contributed by atoms with Crippen LogP contribution >= 0.6 is 22.6 Å². The fraction of sp³-hybridized carbons (Fsp3) is 0.368. The minimum absolute atomic E-state index is 0.233. The molecule has 6 nitrogen and oxygen atoms in total. The van der Waals surface area contributed by atoms with E-state index in [1.165, 1.54) is 0 Å². The molecule has 1 fully saturated rings. The largest absolute Gasteiger partial charge is 0.495 e. The second-order valence-electron chi connectivity index (χ2n) is 6.56. The number of sulfonamides is 1. The summed E-state index contributed by atoms with van der Waals surface area (Å²) >= 11 is 2.26. The number of alkyl halides is 1. The van der Waals surface area contributed by atoms with Gasteiger partial charge in [-0.2, -0.15) is 0 Å². The van der Waals surface area contributed by atoms with Crippen LogP contribution < -0.4 is 14.4 Å². The molecule has 0 aromatic heterocycles. The first-order valence-electron chi connectivity index (χ1n) is 8.72. The van der Waals surface area contributed by atoms with E-state index >= 15 is 0 Å². The van der Waals surface area contributed by atoms with E-state index in [0.29, 0.717) is 11.4 Å². The highest BCUT2D eigenvalue weighted by Gasteiger charge is 2.22. The SMILES string of the molecule is COc1ccc(S(=O)(=O)Nc2cccc(CI)c2)cc1N1CCN(C)CC1. The van der Waals surface area contributed by atoms with Crippen molar-refractivity contribution in [2.45, 2.75) is 9.32 Å². The molecule has 8 heteroatoms. The normalized spacial score (nSPS) is 15.6. The van der Waals surface area contributed by atoms with Gasteiger partial charge in [0.05, 0.1) is 17.7 Å². The van der Waals surface area contributed by atoms with Gasteiger partial charge < -0.3 is 14.5 Å². The van der Waals surface area contributed by atoms with Crippen molar-refractivity contribution in [1.82, 2.24) is 4.90 Å². The molecule has 0 radical (unpaired) electrons. The summed E-state index contributed by atoms with van der Waals surface area (Å²) < 4.78 is 34.8. The highest BCUT2D eigenvalue weighted by Crippen LogP contribution is 2.32. The molecule has 146 valence electrons. The predicted octanol–water partition coefficient (Wildman–Crippen LogP) is 3.18. The van der Waals surface area contributed by atoms with Crippen molar-refractivity contribution in [3.8, 4) is 5.75 Å². The number of hydrogen-bond donors (Lipinski definition) is 1. The molecule has 2 aromatic rings. The van der Waals surface area contributed by atoms with Crippen molar-refractivity contribution in [2.75, 3.05) is 50.0 Å². The number of piperazine rings is 1. The van der Waals surface area contributed by atoms with Crippen LogP contribution in [0.1, 0.15) is 5.56 Å². The topological polar surface area (TPSA) is 61.9 Å². The van der Waals surface area contributed by atoms with Gasteiger partial charge in [0.15, 0.2) is 0 Å². The molecule has 0 spiro atoms. The van der Waals surface area contributed by atoms with Crippen molar-refractivity contribution < 1.29 is 13.2 Å². The molecule has 1 heterocycles. The molecule has 1 saturated heterocycles. The van der Waals surface area contributed by atoms with Gasteiger partial charge in [-0.3, -0.25) is 4.72 Å². The van der Waals surface area contributed by atoms with Crippen molar-refractivity contribution in [3.63, 3.8) is 0 Å². The molecular weight excluding hydrogens is 477 g/mol. The Bertz CT molecular complexity index is 897. The van der Waals surface area contributed by atoms with Crippen molar-refractivity contribution in [2.24, 2.45) is 0 Å². The standard InChI is InChI=1S/C19H24IN3O3S/c1-22-8-10-23(11-9-22)18-13-17(6-7-19(18)26-2)27(24,25)21-16-5-3-4-15(12-16)14-20/h3-7,12-13,21H,8-11,14H2,1-2H3. The van der Waals surface area contributed by atoms with Crippen molar-refractivity contribution in [1.29, 1.82) is 0 Å². The molecule has 27 heavy (non-hydrogen) atoms. The van der Waals surface area contributed by atoms with Crippen LogP contribution in [0.4, 0.5) is 11.4 Å². The van der Waals surface area contributed by atoms with Crippen LogP contribution in [0, 0.1) is 0 Å². The summed E-state index contributed by atoms with van der Waals surface area (Å²) in [5.41, 5.74) is 2.46. The van der Waals surface area contributed by atoms with Gasteiger partial charge in [0, 0.05) is 36.3 Å². The summed E-state index contributed by atoms with van der Waals surface area (Å²) in [5, 5.41) is 0. The third-order valence-electron chi connectivity index (χ3n) is 4.64. The van der Waals surface area contributed by atoms with Gasteiger partial charge in [0.25, 0.3) is 10.0 Å². The summed E-state index contributed by atoms with van der Waals surface area (Å²) in [4.78, 5) is 4.66. The first-order chi connectivity index (χ1) is 12.9. The van der Waals surface area contributed by atoms with Gasteiger partial charge in [-0.1, -0.05) is 34.7 Å². The van der Waals surface area contributed by atoms with Crippen LogP contribution in [0.15, 0.2) is 47.4 Å². The smallest absolute Gasteiger partial charge is 0.261 e. The van der Waals surface area contributed by atoms with E-state index < -0.39 is 10.0 Å². The van der Waals surface area contributed by atoms with Crippen LogP contribution in [0.3, 0.4) is 0 Å². The van der Waals surface area contributed by atoms with Gasteiger partial charge in [-0.05, 0) is 42.9 Å². The Labute approximate surface area is 174 Å². The summed E-state index contributed by atoms with van der Waals surface area (Å²) in [5.74, 6) is 0.686.